The fraction of sp³-hybridized carbons (Fsp3) is 0.611. The van der Waals surface area contributed by atoms with Gasteiger partial charge in [-0.3, -0.25) is 4.99 Å². The molecular formula is C18H32IN3O. The molecule has 1 aromatic carbocycles. The average molecular weight is 433 g/mol. The number of nitrogens with zero attached hydrogens (tertiary/aromatic N) is 1. The van der Waals surface area contributed by atoms with Gasteiger partial charge in [-0.25, -0.2) is 0 Å². The van der Waals surface area contributed by atoms with E-state index in [1.54, 1.807) is 0 Å². The van der Waals surface area contributed by atoms with Crippen LogP contribution in [0.4, 0.5) is 0 Å². The maximum atomic E-state index is 5.60. The van der Waals surface area contributed by atoms with Gasteiger partial charge in [-0.15, -0.1) is 24.0 Å². The quantitative estimate of drug-likeness (QED) is 0.267. The van der Waals surface area contributed by atoms with Gasteiger partial charge in [0.05, 0.1) is 12.7 Å². The highest BCUT2D eigenvalue weighted by Crippen LogP contribution is 2.07. The fourth-order valence-electron chi connectivity index (χ4n) is 2.00. The zero-order valence-corrected chi connectivity index (χ0v) is 17.2. The molecule has 4 nitrogen and oxygen atoms in total. The van der Waals surface area contributed by atoms with Crippen LogP contribution in [0.2, 0.25) is 0 Å². The minimum absolute atomic E-state index is 0. The molecule has 0 fully saturated rings. The Hall–Kier alpha value is -0.820. The van der Waals surface area contributed by atoms with Crippen molar-refractivity contribution in [1.29, 1.82) is 0 Å². The number of unbranched alkanes of at least 4 members (excludes halogenated alkanes) is 2. The van der Waals surface area contributed by atoms with Gasteiger partial charge in [0, 0.05) is 20.1 Å². The number of nitrogens with one attached hydrogen (secondary N) is 2. The SMILES string of the molecule is CCCCCNC(=NC)NCc1ccc(COC(C)C)cc1.I. The van der Waals surface area contributed by atoms with Gasteiger partial charge in [0.15, 0.2) is 5.96 Å². The first kappa shape index (κ1) is 22.2. The van der Waals surface area contributed by atoms with E-state index in [9.17, 15) is 0 Å². The van der Waals surface area contributed by atoms with E-state index < -0.39 is 0 Å². The van der Waals surface area contributed by atoms with Crippen molar-refractivity contribution in [3.05, 3.63) is 35.4 Å². The molecule has 0 heterocycles. The summed E-state index contributed by atoms with van der Waals surface area (Å²) in [5, 5.41) is 6.68. The first-order chi connectivity index (χ1) is 10.7. The largest absolute Gasteiger partial charge is 0.374 e. The van der Waals surface area contributed by atoms with Crippen molar-refractivity contribution in [3.63, 3.8) is 0 Å². The predicted molar refractivity (Wildman–Crippen MR) is 110 cm³/mol. The van der Waals surface area contributed by atoms with Gasteiger partial charge in [-0.2, -0.15) is 0 Å². The van der Waals surface area contributed by atoms with E-state index in [2.05, 4.69) is 60.7 Å². The minimum atomic E-state index is 0. The van der Waals surface area contributed by atoms with E-state index in [1.165, 1.54) is 30.4 Å². The lowest BCUT2D eigenvalue weighted by molar-refractivity contribution is 0.0657. The van der Waals surface area contributed by atoms with E-state index >= 15 is 0 Å². The second-order valence-corrected chi connectivity index (χ2v) is 5.74. The van der Waals surface area contributed by atoms with Crippen molar-refractivity contribution in [2.75, 3.05) is 13.6 Å². The Bertz CT molecular complexity index is 432. The molecule has 0 saturated carbocycles. The third kappa shape index (κ3) is 10.5. The van der Waals surface area contributed by atoms with Crippen molar-refractivity contribution in [3.8, 4) is 0 Å². The Kier molecular flexibility index (Phi) is 13.1. The number of guanidine groups is 1. The summed E-state index contributed by atoms with van der Waals surface area (Å²) in [5.41, 5.74) is 2.45. The van der Waals surface area contributed by atoms with E-state index in [4.69, 9.17) is 4.74 Å². The Labute approximate surface area is 158 Å². The van der Waals surface area contributed by atoms with Crippen LogP contribution in [-0.2, 0) is 17.9 Å². The first-order valence-electron chi connectivity index (χ1n) is 8.29. The summed E-state index contributed by atoms with van der Waals surface area (Å²) >= 11 is 0. The van der Waals surface area contributed by atoms with Crippen LogP contribution in [0.1, 0.15) is 51.2 Å². The van der Waals surface area contributed by atoms with Gasteiger partial charge in [-0.1, -0.05) is 44.0 Å². The maximum Gasteiger partial charge on any atom is 0.191 e. The molecule has 0 spiro atoms. The summed E-state index contributed by atoms with van der Waals surface area (Å²) in [7, 11) is 1.81. The van der Waals surface area contributed by atoms with Crippen LogP contribution in [0.5, 0.6) is 0 Å². The number of benzene rings is 1. The normalized spacial score (nSPS) is 11.3. The predicted octanol–water partition coefficient (Wildman–Crippen LogP) is 4.08. The second-order valence-electron chi connectivity index (χ2n) is 5.74. The molecular weight excluding hydrogens is 401 g/mol. The molecule has 1 aromatic rings. The highest BCUT2D eigenvalue weighted by molar-refractivity contribution is 14.0. The number of hydrogen-bond acceptors (Lipinski definition) is 2. The minimum Gasteiger partial charge on any atom is -0.374 e. The Balaban J connectivity index is 0.00000484. The lowest BCUT2D eigenvalue weighted by Gasteiger charge is -2.12. The van der Waals surface area contributed by atoms with Crippen LogP contribution in [-0.4, -0.2) is 25.7 Å². The standard InChI is InChI=1S/C18H31N3O.HI/c1-5-6-7-12-20-18(19-4)21-13-16-8-10-17(11-9-16)14-22-15(2)3;/h8-11,15H,5-7,12-14H2,1-4H3,(H2,19,20,21);1H. The number of ether oxygens (including phenoxy) is 1. The molecule has 2 N–H and O–H groups in total. The van der Waals surface area contributed by atoms with Crippen LogP contribution in [0.15, 0.2) is 29.3 Å². The first-order valence-corrected chi connectivity index (χ1v) is 8.29. The second kappa shape index (κ2) is 13.6. The van der Waals surface area contributed by atoms with Crippen molar-refractivity contribution >= 4 is 29.9 Å². The number of aliphatic imine (C=N–C) groups is 1. The van der Waals surface area contributed by atoms with Gasteiger partial charge in [-0.05, 0) is 31.4 Å². The van der Waals surface area contributed by atoms with E-state index in [0.29, 0.717) is 6.61 Å². The molecule has 1 rings (SSSR count). The lowest BCUT2D eigenvalue weighted by atomic mass is 10.1. The Morgan fingerprint density at radius 3 is 2.30 bits per heavy atom. The van der Waals surface area contributed by atoms with Crippen LogP contribution in [0.3, 0.4) is 0 Å². The molecule has 0 bridgehead atoms. The average Bonchev–Trinajstić information content (AvgIpc) is 2.53. The molecule has 0 radical (unpaired) electrons. The molecule has 0 atom stereocenters. The summed E-state index contributed by atoms with van der Waals surface area (Å²) in [6.07, 6.45) is 3.94. The van der Waals surface area contributed by atoms with Gasteiger partial charge in [0.25, 0.3) is 0 Å². The van der Waals surface area contributed by atoms with Crippen LogP contribution in [0.25, 0.3) is 0 Å². The molecule has 5 heteroatoms. The van der Waals surface area contributed by atoms with Crippen molar-refractivity contribution in [2.45, 2.75) is 59.3 Å². The smallest absolute Gasteiger partial charge is 0.191 e. The number of halogens is 1. The van der Waals surface area contributed by atoms with E-state index in [0.717, 1.165) is 19.0 Å². The maximum absolute atomic E-state index is 5.60. The monoisotopic (exact) mass is 433 g/mol. The van der Waals surface area contributed by atoms with Crippen molar-refractivity contribution in [1.82, 2.24) is 10.6 Å². The highest BCUT2D eigenvalue weighted by atomic mass is 127. The molecule has 0 aliphatic heterocycles. The van der Waals surface area contributed by atoms with E-state index in [-0.39, 0.29) is 30.1 Å². The molecule has 0 amide bonds. The number of hydrogen-bond donors (Lipinski definition) is 2. The third-order valence-electron chi connectivity index (χ3n) is 3.36. The topological polar surface area (TPSA) is 45.7 Å². The highest BCUT2D eigenvalue weighted by Gasteiger charge is 2.00. The number of rotatable bonds is 9. The molecule has 132 valence electrons. The summed E-state index contributed by atoms with van der Waals surface area (Å²) < 4.78 is 5.60. The van der Waals surface area contributed by atoms with Crippen LogP contribution < -0.4 is 10.6 Å². The zero-order valence-electron chi connectivity index (χ0n) is 14.9. The third-order valence-corrected chi connectivity index (χ3v) is 3.36. The zero-order chi connectivity index (χ0) is 16.2. The summed E-state index contributed by atoms with van der Waals surface area (Å²) in [5.74, 6) is 0.864. The molecule has 0 saturated heterocycles. The molecule has 0 aliphatic rings. The van der Waals surface area contributed by atoms with Gasteiger partial charge >= 0.3 is 0 Å². The van der Waals surface area contributed by atoms with Gasteiger partial charge in [0.1, 0.15) is 0 Å². The molecule has 0 aromatic heterocycles. The fourth-order valence-corrected chi connectivity index (χ4v) is 2.00. The molecule has 0 unspecified atom stereocenters. The van der Waals surface area contributed by atoms with Crippen molar-refractivity contribution < 1.29 is 4.74 Å². The van der Waals surface area contributed by atoms with Crippen LogP contribution in [0, 0.1) is 0 Å². The summed E-state index contributed by atoms with van der Waals surface area (Å²) in [6.45, 7) is 8.74. The van der Waals surface area contributed by atoms with Crippen molar-refractivity contribution in [2.24, 2.45) is 4.99 Å². The Morgan fingerprint density at radius 1 is 1.09 bits per heavy atom. The van der Waals surface area contributed by atoms with Crippen LogP contribution >= 0.6 is 24.0 Å². The summed E-state index contributed by atoms with van der Waals surface area (Å²) in [4.78, 5) is 4.24. The molecule has 0 aliphatic carbocycles. The molecule has 23 heavy (non-hydrogen) atoms. The van der Waals surface area contributed by atoms with Gasteiger partial charge < -0.3 is 15.4 Å². The summed E-state index contributed by atoms with van der Waals surface area (Å²) in [6, 6.07) is 8.51. The lowest BCUT2D eigenvalue weighted by Crippen LogP contribution is -2.37. The van der Waals surface area contributed by atoms with Gasteiger partial charge in [0.2, 0.25) is 0 Å². The van der Waals surface area contributed by atoms with E-state index in [1.807, 2.05) is 7.05 Å². The Morgan fingerprint density at radius 2 is 1.74 bits per heavy atom.